The van der Waals surface area contributed by atoms with E-state index in [0.29, 0.717) is 12.8 Å². The monoisotopic (exact) mass is 434 g/mol. The minimum atomic E-state index is -3.96. The van der Waals surface area contributed by atoms with E-state index in [0.717, 1.165) is 11.3 Å². The van der Waals surface area contributed by atoms with Crippen LogP contribution in [0.15, 0.2) is 95.0 Å². The highest BCUT2D eigenvalue weighted by Crippen LogP contribution is 2.39. The third-order valence-electron chi connectivity index (χ3n) is 5.78. The summed E-state index contributed by atoms with van der Waals surface area (Å²) >= 11 is 0. The molecule has 0 N–H and O–H groups in total. The number of aryl methyl sites for hydroxylation is 1. The van der Waals surface area contributed by atoms with Gasteiger partial charge in [0.2, 0.25) is 0 Å². The van der Waals surface area contributed by atoms with Gasteiger partial charge in [-0.05, 0) is 37.2 Å². The van der Waals surface area contributed by atoms with Crippen molar-refractivity contribution in [3.63, 3.8) is 0 Å². The first kappa shape index (κ1) is 21.3. The predicted octanol–water partition coefficient (Wildman–Crippen LogP) is 5.26. The second kappa shape index (κ2) is 9.04. The summed E-state index contributed by atoms with van der Waals surface area (Å²) in [6, 6.07) is 27.2. The number of oxime groups is 1. The van der Waals surface area contributed by atoms with Crippen LogP contribution in [0.2, 0.25) is 0 Å². The molecule has 1 aliphatic heterocycles. The zero-order valence-electron chi connectivity index (χ0n) is 17.7. The van der Waals surface area contributed by atoms with E-state index >= 15 is 0 Å². The summed E-state index contributed by atoms with van der Waals surface area (Å²) in [5, 5.41) is 4.14. The van der Waals surface area contributed by atoms with E-state index in [1.54, 1.807) is 24.3 Å². The van der Waals surface area contributed by atoms with Crippen molar-refractivity contribution in [3.8, 4) is 0 Å². The molecule has 1 heterocycles. The lowest BCUT2D eigenvalue weighted by Crippen LogP contribution is -2.37. The number of hydrogen-bond acceptors (Lipinski definition) is 5. The molecule has 6 heteroatoms. The van der Waals surface area contributed by atoms with Crippen LogP contribution in [0.25, 0.3) is 0 Å². The first-order valence-corrected chi connectivity index (χ1v) is 11.7. The molecule has 160 valence electrons. The van der Waals surface area contributed by atoms with Crippen LogP contribution in [0, 0.1) is 6.92 Å². The van der Waals surface area contributed by atoms with E-state index in [1.807, 2.05) is 43.3 Å². The van der Waals surface area contributed by atoms with Gasteiger partial charge in [0.25, 0.3) is 0 Å². The number of hydrogen-bond donors (Lipinski definition) is 0. The van der Waals surface area contributed by atoms with Crippen LogP contribution in [0.3, 0.4) is 0 Å². The Bertz CT molecular complexity index is 1090. The van der Waals surface area contributed by atoms with Crippen LogP contribution in [-0.4, -0.2) is 26.1 Å². The molecule has 0 spiro atoms. The zero-order valence-corrected chi connectivity index (χ0v) is 18.5. The fourth-order valence-corrected chi connectivity index (χ4v) is 4.77. The van der Waals surface area contributed by atoms with Gasteiger partial charge in [0.1, 0.15) is 4.90 Å². The van der Waals surface area contributed by atoms with Crippen LogP contribution >= 0.6 is 0 Å². The molecule has 0 aromatic heterocycles. The SMILES string of the molecule is Cc1ccc(S(=O)(=O)ON=C2C[C@H](c3ccccc3)N(C)[C@H](c3ccccc3)C2)cc1. The number of rotatable bonds is 5. The van der Waals surface area contributed by atoms with Gasteiger partial charge in [0.05, 0.1) is 5.71 Å². The van der Waals surface area contributed by atoms with Crippen molar-refractivity contribution >= 4 is 15.8 Å². The van der Waals surface area contributed by atoms with Crippen molar-refractivity contribution in [1.29, 1.82) is 0 Å². The molecule has 3 aromatic carbocycles. The molecular formula is C25H26N2O3S. The molecule has 2 atom stereocenters. The number of benzene rings is 3. The van der Waals surface area contributed by atoms with Gasteiger partial charge in [-0.15, -0.1) is 0 Å². The Kier molecular flexibility index (Phi) is 6.20. The Hall–Kier alpha value is -2.96. The van der Waals surface area contributed by atoms with Gasteiger partial charge in [-0.1, -0.05) is 83.5 Å². The second-order valence-electron chi connectivity index (χ2n) is 7.93. The summed E-state index contributed by atoms with van der Waals surface area (Å²) in [7, 11) is -1.85. The molecule has 31 heavy (non-hydrogen) atoms. The van der Waals surface area contributed by atoms with Crippen molar-refractivity contribution in [2.75, 3.05) is 7.05 Å². The molecule has 0 aliphatic carbocycles. The summed E-state index contributed by atoms with van der Waals surface area (Å²) in [5.74, 6) is 0. The van der Waals surface area contributed by atoms with E-state index in [4.69, 9.17) is 4.28 Å². The van der Waals surface area contributed by atoms with Gasteiger partial charge in [-0.25, -0.2) is 0 Å². The topological polar surface area (TPSA) is 59.0 Å². The lowest BCUT2D eigenvalue weighted by molar-refractivity contribution is 0.160. The average Bonchev–Trinajstić information content (AvgIpc) is 2.80. The Morgan fingerprint density at radius 3 is 1.77 bits per heavy atom. The molecule has 1 saturated heterocycles. The molecule has 3 aromatic rings. The lowest BCUT2D eigenvalue weighted by Gasteiger charge is -2.40. The van der Waals surface area contributed by atoms with Gasteiger partial charge in [-0.3, -0.25) is 9.18 Å². The van der Waals surface area contributed by atoms with Crippen molar-refractivity contribution in [2.45, 2.75) is 36.7 Å². The van der Waals surface area contributed by atoms with E-state index in [2.05, 4.69) is 41.4 Å². The fraction of sp³-hybridized carbons (Fsp3) is 0.240. The standard InChI is InChI=1S/C25H26N2O3S/c1-19-13-15-23(16-14-19)31(28,29)30-26-22-17-24(20-9-5-3-6-10-20)27(2)25(18-22)21-11-7-4-8-12-21/h3-16,24-25H,17-18H2,1-2H3/t24-,25+. The molecule has 0 amide bonds. The Morgan fingerprint density at radius 1 is 0.806 bits per heavy atom. The van der Waals surface area contributed by atoms with Crippen molar-refractivity contribution in [3.05, 3.63) is 102 Å². The van der Waals surface area contributed by atoms with Gasteiger partial charge >= 0.3 is 10.1 Å². The summed E-state index contributed by atoms with van der Waals surface area (Å²) < 4.78 is 30.4. The van der Waals surface area contributed by atoms with Crippen LogP contribution in [-0.2, 0) is 14.4 Å². The smallest absolute Gasteiger partial charge is 0.292 e. The maximum Gasteiger partial charge on any atom is 0.358 e. The third kappa shape index (κ3) is 4.86. The molecule has 1 aliphatic rings. The molecular weight excluding hydrogens is 408 g/mol. The summed E-state index contributed by atoms with van der Waals surface area (Å²) in [6.45, 7) is 1.91. The Labute approximate surface area is 184 Å². The van der Waals surface area contributed by atoms with E-state index < -0.39 is 10.1 Å². The normalized spacial score (nSPS) is 21.2. The van der Waals surface area contributed by atoms with Gasteiger partial charge < -0.3 is 0 Å². The minimum Gasteiger partial charge on any atom is -0.292 e. The van der Waals surface area contributed by atoms with Crippen LogP contribution in [0.5, 0.6) is 0 Å². The highest BCUT2D eigenvalue weighted by Gasteiger charge is 2.33. The van der Waals surface area contributed by atoms with E-state index in [9.17, 15) is 8.42 Å². The minimum absolute atomic E-state index is 0.0737. The molecule has 0 radical (unpaired) electrons. The van der Waals surface area contributed by atoms with Crippen LogP contribution < -0.4 is 0 Å². The molecule has 0 saturated carbocycles. The molecule has 0 bridgehead atoms. The van der Waals surface area contributed by atoms with E-state index in [1.165, 1.54) is 11.1 Å². The van der Waals surface area contributed by atoms with Crippen LogP contribution in [0.1, 0.15) is 41.6 Å². The van der Waals surface area contributed by atoms with Crippen molar-refractivity contribution in [2.24, 2.45) is 5.16 Å². The van der Waals surface area contributed by atoms with Crippen molar-refractivity contribution < 1.29 is 12.7 Å². The highest BCUT2D eigenvalue weighted by molar-refractivity contribution is 7.86. The number of likely N-dealkylation sites (tertiary alicyclic amines) is 1. The zero-order chi connectivity index (χ0) is 21.8. The molecule has 5 nitrogen and oxygen atoms in total. The summed E-state index contributed by atoms with van der Waals surface area (Å²) in [5.41, 5.74) is 4.05. The lowest BCUT2D eigenvalue weighted by atomic mass is 9.87. The largest absolute Gasteiger partial charge is 0.358 e. The van der Waals surface area contributed by atoms with Gasteiger partial charge in [-0.2, -0.15) is 8.42 Å². The number of nitrogens with zero attached hydrogens (tertiary/aromatic N) is 2. The maximum atomic E-state index is 12.6. The Balaban J connectivity index is 1.64. The third-order valence-corrected chi connectivity index (χ3v) is 6.90. The first-order valence-electron chi connectivity index (χ1n) is 10.3. The average molecular weight is 435 g/mol. The molecule has 0 unspecified atom stereocenters. The molecule has 1 fully saturated rings. The van der Waals surface area contributed by atoms with Gasteiger partial charge in [0, 0.05) is 24.9 Å². The number of piperidine rings is 1. The molecule has 4 rings (SSSR count). The van der Waals surface area contributed by atoms with Crippen LogP contribution in [0.4, 0.5) is 0 Å². The van der Waals surface area contributed by atoms with Crippen molar-refractivity contribution in [1.82, 2.24) is 4.90 Å². The quantitative estimate of drug-likeness (QED) is 0.514. The fourth-order valence-electron chi connectivity index (χ4n) is 4.02. The Morgan fingerprint density at radius 2 is 1.29 bits per heavy atom. The summed E-state index contributed by atoms with van der Waals surface area (Å²) in [4.78, 5) is 2.44. The first-order chi connectivity index (χ1) is 14.9. The predicted molar refractivity (Wildman–Crippen MR) is 122 cm³/mol. The van der Waals surface area contributed by atoms with Gasteiger partial charge in [0.15, 0.2) is 0 Å². The highest BCUT2D eigenvalue weighted by atomic mass is 32.2. The van der Waals surface area contributed by atoms with E-state index in [-0.39, 0.29) is 17.0 Å². The summed E-state index contributed by atoms with van der Waals surface area (Å²) in [6.07, 6.45) is 1.21. The second-order valence-corrected chi connectivity index (χ2v) is 9.45. The maximum absolute atomic E-state index is 12.6.